The van der Waals surface area contributed by atoms with Crippen molar-refractivity contribution < 1.29 is 9.53 Å². The normalized spacial score (nSPS) is 18.3. The van der Waals surface area contributed by atoms with E-state index >= 15 is 0 Å². The zero-order chi connectivity index (χ0) is 20.4. The van der Waals surface area contributed by atoms with E-state index in [4.69, 9.17) is 16.3 Å². The summed E-state index contributed by atoms with van der Waals surface area (Å²) in [5.74, 6) is 3.90. The van der Waals surface area contributed by atoms with Gasteiger partial charge in [-0.25, -0.2) is 4.68 Å². The van der Waals surface area contributed by atoms with E-state index in [0.29, 0.717) is 0 Å². The molecular formula is C23H21N3O2S. The second-order valence-corrected chi connectivity index (χ2v) is 8.26. The van der Waals surface area contributed by atoms with E-state index in [1.165, 1.54) is 0 Å². The molecular weight excluding hydrogens is 382 g/mol. The molecule has 1 amide bonds. The number of rotatable bonds is 4. The number of anilines is 1. The molecule has 6 heteroatoms. The Morgan fingerprint density at radius 2 is 1.93 bits per heavy atom. The van der Waals surface area contributed by atoms with Gasteiger partial charge < -0.3 is 10.1 Å². The van der Waals surface area contributed by atoms with Crippen molar-refractivity contribution in [3.8, 4) is 23.8 Å². The van der Waals surface area contributed by atoms with E-state index in [0.717, 1.165) is 34.1 Å². The molecule has 1 aliphatic heterocycles. The van der Waals surface area contributed by atoms with Gasteiger partial charge in [-0.2, -0.15) is 5.10 Å². The highest BCUT2D eigenvalue weighted by Crippen LogP contribution is 2.46. The van der Waals surface area contributed by atoms with Crippen LogP contribution in [0.15, 0.2) is 54.6 Å². The second-order valence-electron chi connectivity index (χ2n) is 6.80. The average Bonchev–Trinajstić information content (AvgIpc) is 2.99. The highest BCUT2D eigenvalue weighted by Gasteiger charge is 2.34. The van der Waals surface area contributed by atoms with Crippen LogP contribution in [0.2, 0.25) is 0 Å². The minimum Gasteiger partial charge on any atom is -0.481 e. The van der Waals surface area contributed by atoms with Gasteiger partial charge in [0, 0.05) is 5.56 Å². The molecule has 0 unspecified atom stereocenters. The third-order valence-electron chi connectivity index (χ3n) is 4.83. The molecule has 0 saturated heterocycles. The molecule has 0 saturated carbocycles. The Morgan fingerprint density at radius 3 is 2.62 bits per heavy atom. The molecule has 0 radical (unpaired) electrons. The number of benzene rings is 2. The van der Waals surface area contributed by atoms with Crippen molar-refractivity contribution >= 4 is 23.5 Å². The predicted octanol–water partition coefficient (Wildman–Crippen LogP) is 4.36. The minimum absolute atomic E-state index is 0.0233. The number of carbonyl (C=O) groups is 1. The van der Waals surface area contributed by atoms with Crippen LogP contribution in [-0.4, -0.2) is 27.5 Å². The first kappa shape index (κ1) is 19.2. The summed E-state index contributed by atoms with van der Waals surface area (Å²) < 4.78 is 7.31. The van der Waals surface area contributed by atoms with Gasteiger partial charge >= 0.3 is 0 Å². The molecule has 0 aliphatic carbocycles. The number of terminal acetylenes is 1. The fourth-order valence-electron chi connectivity index (χ4n) is 3.39. The number of thioether (sulfide) groups is 1. The van der Waals surface area contributed by atoms with Crippen LogP contribution in [0, 0.1) is 19.3 Å². The molecule has 3 aromatic rings. The molecule has 29 heavy (non-hydrogen) atoms. The molecule has 1 aromatic heterocycles. The zero-order valence-electron chi connectivity index (χ0n) is 16.3. The summed E-state index contributed by atoms with van der Waals surface area (Å²) in [5, 5.41) is 7.60. The highest BCUT2D eigenvalue weighted by molar-refractivity contribution is 8.01. The van der Waals surface area contributed by atoms with Crippen LogP contribution >= 0.6 is 11.8 Å². The summed E-state index contributed by atoms with van der Waals surface area (Å²) in [6.45, 7) is 4.15. The van der Waals surface area contributed by atoms with Crippen molar-refractivity contribution in [1.82, 2.24) is 9.78 Å². The minimum atomic E-state index is -0.201. The number of aromatic nitrogens is 2. The van der Waals surface area contributed by atoms with E-state index < -0.39 is 0 Å². The van der Waals surface area contributed by atoms with Gasteiger partial charge in [0.05, 0.1) is 21.9 Å². The number of amides is 1. The first-order valence-electron chi connectivity index (χ1n) is 9.36. The molecule has 1 N–H and O–H groups in total. The van der Waals surface area contributed by atoms with Gasteiger partial charge in [0.25, 0.3) is 0 Å². The van der Waals surface area contributed by atoms with Gasteiger partial charge in [-0.15, -0.1) is 18.2 Å². The summed E-state index contributed by atoms with van der Waals surface area (Å²) >= 11 is 1.62. The van der Waals surface area contributed by atoms with E-state index in [1.54, 1.807) is 11.8 Å². The van der Waals surface area contributed by atoms with E-state index in [9.17, 15) is 4.79 Å². The quantitative estimate of drug-likeness (QED) is 0.658. The Bertz CT molecular complexity index is 1070. The number of para-hydroxylation sites is 1. The third-order valence-corrected chi connectivity index (χ3v) is 6.23. The molecule has 1 aliphatic rings. The lowest BCUT2D eigenvalue weighted by Gasteiger charge is -2.18. The van der Waals surface area contributed by atoms with E-state index in [2.05, 4.69) is 11.2 Å². The molecule has 2 aromatic carbocycles. The third kappa shape index (κ3) is 3.74. The molecule has 4 rings (SSSR count). The predicted molar refractivity (Wildman–Crippen MR) is 117 cm³/mol. The molecule has 2 atom stereocenters. The van der Waals surface area contributed by atoms with Crippen LogP contribution in [0.1, 0.15) is 29.0 Å². The van der Waals surface area contributed by atoms with Crippen molar-refractivity contribution in [3.63, 3.8) is 0 Å². The number of aryl methyl sites for hydroxylation is 1. The van der Waals surface area contributed by atoms with Crippen molar-refractivity contribution in [2.45, 2.75) is 24.3 Å². The van der Waals surface area contributed by atoms with Gasteiger partial charge in [0.1, 0.15) is 18.2 Å². The summed E-state index contributed by atoms with van der Waals surface area (Å²) in [6.07, 6.45) is 5.26. The number of carbonyl (C=O) groups excluding carboxylic acids is 1. The van der Waals surface area contributed by atoms with Crippen LogP contribution in [0.5, 0.6) is 5.75 Å². The van der Waals surface area contributed by atoms with Crippen LogP contribution in [-0.2, 0) is 4.79 Å². The number of nitrogens with zero attached hydrogens (tertiary/aromatic N) is 2. The van der Waals surface area contributed by atoms with Gasteiger partial charge in [-0.3, -0.25) is 4.79 Å². The average molecular weight is 404 g/mol. The smallest absolute Gasteiger partial charge is 0.238 e. The number of hydrogen-bond acceptors (Lipinski definition) is 4. The van der Waals surface area contributed by atoms with Crippen LogP contribution in [0.3, 0.4) is 0 Å². The van der Waals surface area contributed by atoms with Gasteiger partial charge in [-0.1, -0.05) is 36.3 Å². The van der Waals surface area contributed by atoms with E-state index in [1.807, 2.05) is 73.1 Å². The summed E-state index contributed by atoms with van der Waals surface area (Å²) in [7, 11) is 0. The zero-order valence-corrected chi connectivity index (χ0v) is 17.1. The Balaban J connectivity index is 1.80. The second kappa shape index (κ2) is 8.06. The van der Waals surface area contributed by atoms with Crippen LogP contribution in [0.4, 0.5) is 5.82 Å². The highest BCUT2D eigenvalue weighted by atomic mass is 32.2. The monoisotopic (exact) mass is 403 g/mol. The summed E-state index contributed by atoms with van der Waals surface area (Å²) in [4.78, 5) is 12.7. The maximum Gasteiger partial charge on any atom is 0.238 e. The largest absolute Gasteiger partial charge is 0.481 e. The number of nitrogens with one attached hydrogen (secondary N) is 1. The first-order valence-corrected chi connectivity index (χ1v) is 10.3. The molecule has 2 heterocycles. The Kier molecular flexibility index (Phi) is 5.32. The molecule has 146 valence electrons. The first-order chi connectivity index (χ1) is 14.1. The topological polar surface area (TPSA) is 56.1 Å². The maximum atomic E-state index is 12.7. The van der Waals surface area contributed by atoms with Crippen molar-refractivity contribution in [2.75, 3.05) is 11.9 Å². The number of ether oxygens (including phenoxy) is 1. The Hall–Kier alpha value is -3.17. The molecule has 0 bridgehead atoms. The van der Waals surface area contributed by atoms with Crippen molar-refractivity contribution in [1.29, 1.82) is 0 Å². The lowest BCUT2D eigenvalue weighted by atomic mass is 10.0. The lowest BCUT2D eigenvalue weighted by molar-refractivity contribution is -0.115. The fourth-order valence-corrected chi connectivity index (χ4v) is 4.71. The maximum absolute atomic E-state index is 12.7. The van der Waals surface area contributed by atoms with Crippen molar-refractivity contribution in [2.24, 2.45) is 0 Å². The molecule has 5 nitrogen and oxygen atoms in total. The van der Waals surface area contributed by atoms with Crippen LogP contribution < -0.4 is 10.1 Å². The number of fused-ring (bicyclic) bond motifs is 1. The fraction of sp³-hybridized carbons (Fsp3) is 0.217. The summed E-state index contributed by atoms with van der Waals surface area (Å²) in [6, 6.07) is 17.7. The van der Waals surface area contributed by atoms with Gasteiger partial charge in [-0.05, 0) is 43.7 Å². The van der Waals surface area contributed by atoms with Gasteiger partial charge in [0.2, 0.25) is 5.91 Å². The number of hydrogen-bond donors (Lipinski definition) is 1. The Morgan fingerprint density at radius 1 is 1.21 bits per heavy atom. The standard InChI is InChI=1S/C23H21N3O2S/c1-4-14-28-19-12-10-17(11-13-19)21-20-15(2)25-26(18-8-6-5-7-9-18)22(20)24-23(27)16(3)29-21/h1,5-13,16,21H,14H2,2-3H3,(H,24,27)/t16-,21-/m0/s1. The van der Waals surface area contributed by atoms with Gasteiger partial charge in [0.15, 0.2) is 0 Å². The molecule has 0 spiro atoms. The van der Waals surface area contributed by atoms with Crippen molar-refractivity contribution in [3.05, 3.63) is 71.4 Å². The SMILES string of the molecule is C#CCOc1ccc([C@@H]2S[C@@H](C)C(=O)Nc3c2c(C)nn3-c2ccccc2)cc1. The summed E-state index contributed by atoms with van der Waals surface area (Å²) in [5.41, 5.74) is 3.91. The van der Waals surface area contributed by atoms with Crippen LogP contribution in [0.25, 0.3) is 5.69 Å². The van der Waals surface area contributed by atoms with E-state index in [-0.39, 0.29) is 23.0 Å². The Labute approximate surface area is 174 Å². The lowest BCUT2D eigenvalue weighted by Crippen LogP contribution is -2.22. The molecule has 0 fully saturated rings.